The van der Waals surface area contributed by atoms with E-state index in [0.29, 0.717) is 0 Å². The van der Waals surface area contributed by atoms with Crippen molar-refractivity contribution in [3.05, 3.63) is 0 Å². The van der Waals surface area contributed by atoms with Crippen LogP contribution in [0.15, 0.2) is 0 Å². The summed E-state index contributed by atoms with van der Waals surface area (Å²) in [5, 5.41) is 2.92. The van der Waals surface area contributed by atoms with Crippen LogP contribution in [0.2, 0.25) is 0 Å². The minimum absolute atomic E-state index is 0.0604. The van der Waals surface area contributed by atoms with Crippen LogP contribution >= 0.6 is 0 Å². The molecule has 0 fully saturated rings. The van der Waals surface area contributed by atoms with Crippen LogP contribution < -0.4 is 11.1 Å². The molecule has 0 amide bonds. The quantitative estimate of drug-likeness (QED) is 0.540. The molecule has 0 aliphatic heterocycles. The van der Waals surface area contributed by atoms with Crippen LogP contribution in [-0.4, -0.2) is 25.4 Å². The average Bonchev–Trinajstić information content (AvgIpc) is 1.82. The Labute approximate surface area is 55.6 Å². The fraction of sp³-hybridized carbons (Fsp3) is 0.833. The van der Waals surface area contributed by atoms with Gasteiger partial charge in [-0.05, 0) is 26.9 Å². The number of carbonyl (C=O) groups is 1. The lowest BCUT2D eigenvalue weighted by molar-refractivity contribution is -0.118. The third-order valence-corrected chi connectivity index (χ3v) is 1.23. The van der Waals surface area contributed by atoms with Gasteiger partial charge in [0.05, 0.1) is 6.04 Å². The first kappa shape index (κ1) is 8.59. The van der Waals surface area contributed by atoms with Crippen molar-refractivity contribution in [2.45, 2.75) is 19.4 Å². The van der Waals surface area contributed by atoms with Crippen molar-refractivity contribution in [3.63, 3.8) is 0 Å². The van der Waals surface area contributed by atoms with Crippen LogP contribution in [0.4, 0.5) is 0 Å². The number of nitrogens with two attached hydrogens (primary N) is 1. The summed E-state index contributed by atoms with van der Waals surface area (Å²) in [6.45, 7) is 2.32. The number of hydrogen-bond donors (Lipinski definition) is 2. The van der Waals surface area contributed by atoms with Gasteiger partial charge in [0.25, 0.3) is 0 Å². The molecule has 0 saturated heterocycles. The second-order valence-corrected chi connectivity index (χ2v) is 2.11. The van der Waals surface area contributed by atoms with Crippen LogP contribution in [0.25, 0.3) is 0 Å². The average molecular weight is 130 g/mol. The van der Waals surface area contributed by atoms with Gasteiger partial charge in [0.15, 0.2) is 0 Å². The summed E-state index contributed by atoms with van der Waals surface area (Å²) in [6.07, 6.45) is 0.728. The van der Waals surface area contributed by atoms with Gasteiger partial charge in [0.1, 0.15) is 5.78 Å². The molecule has 0 aliphatic carbocycles. The molecule has 3 heteroatoms. The van der Waals surface area contributed by atoms with Gasteiger partial charge in [0.2, 0.25) is 0 Å². The van der Waals surface area contributed by atoms with Crippen LogP contribution in [0.3, 0.4) is 0 Å². The highest BCUT2D eigenvalue weighted by molar-refractivity contribution is 5.81. The zero-order chi connectivity index (χ0) is 7.28. The molecule has 0 spiro atoms. The lowest BCUT2D eigenvalue weighted by atomic mass is 10.1. The molecule has 0 rings (SSSR count). The normalized spacial score (nSPS) is 13.2. The van der Waals surface area contributed by atoms with E-state index in [9.17, 15) is 4.79 Å². The summed E-state index contributed by atoms with van der Waals surface area (Å²) in [4.78, 5) is 10.5. The Hall–Kier alpha value is -0.410. The molecular formula is C6H14N2O. The predicted molar refractivity (Wildman–Crippen MR) is 37.2 cm³/mol. The molecular weight excluding hydrogens is 116 g/mol. The molecule has 0 aromatic heterocycles. The number of nitrogens with one attached hydrogen (secondary N) is 1. The molecule has 9 heavy (non-hydrogen) atoms. The second-order valence-electron chi connectivity index (χ2n) is 2.11. The third-order valence-electron chi connectivity index (χ3n) is 1.23. The van der Waals surface area contributed by atoms with Gasteiger partial charge < -0.3 is 11.1 Å². The standard InChI is InChI=1S/C6H14N2O/c1-5(9)6(7)3-4-8-2/h6,8H,3-4,7H2,1-2H3/t6-/m1/s1. The van der Waals surface area contributed by atoms with Gasteiger partial charge in [-0.25, -0.2) is 0 Å². The monoisotopic (exact) mass is 130 g/mol. The van der Waals surface area contributed by atoms with Crippen LogP contribution in [0.5, 0.6) is 0 Å². The Bertz CT molecular complexity index is 93.1. The molecule has 1 atom stereocenters. The molecule has 0 saturated carbocycles. The van der Waals surface area contributed by atoms with Gasteiger partial charge >= 0.3 is 0 Å². The van der Waals surface area contributed by atoms with Gasteiger partial charge in [-0.3, -0.25) is 4.79 Å². The lowest BCUT2D eigenvalue weighted by Crippen LogP contribution is -2.31. The van der Waals surface area contributed by atoms with E-state index in [1.165, 1.54) is 6.92 Å². The van der Waals surface area contributed by atoms with E-state index in [1.807, 2.05) is 7.05 Å². The minimum atomic E-state index is -0.280. The van der Waals surface area contributed by atoms with Crippen LogP contribution in [-0.2, 0) is 4.79 Å². The van der Waals surface area contributed by atoms with E-state index in [4.69, 9.17) is 5.73 Å². The molecule has 0 unspecified atom stereocenters. The fourth-order valence-electron chi connectivity index (χ4n) is 0.503. The van der Waals surface area contributed by atoms with E-state index < -0.39 is 0 Å². The molecule has 0 aliphatic rings. The van der Waals surface area contributed by atoms with E-state index in [0.717, 1.165) is 13.0 Å². The van der Waals surface area contributed by atoms with Crippen LogP contribution in [0.1, 0.15) is 13.3 Å². The van der Waals surface area contributed by atoms with Crippen LogP contribution in [0, 0.1) is 0 Å². The van der Waals surface area contributed by atoms with Crippen molar-refractivity contribution in [2.75, 3.05) is 13.6 Å². The number of ketones is 1. The van der Waals surface area contributed by atoms with Gasteiger partial charge in [-0.1, -0.05) is 0 Å². The summed E-state index contributed by atoms with van der Waals surface area (Å²) in [5.74, 6) is 0.0604. The first-order chi connectivity index (χ1) is 4.18. The molecule has 54 valence electrons. The topological polar surface area (TPSA) is 55.1 Å². The van der Waals surface area contributed by atoms with Gasteiger partial charge in [-0.2, -0.15) is 0 Å². The smallest absolute Gasteiger partial charge is 0.146 e. The zero-order valence-corrected chi connectivity index (χ0v) is 5.98. The highest BCUT2D eigenvalue weighted by Gasteiger charge is 2.05. The molecule has 0 heterocycles. The van der Waals surface area contributed by atoms with Crippen molar-refractivity contribution in [1.82, 2.24) is 5.32 Å². The lowest BCUT2D eigenvalue weighted by Gasteiger charge is -2.04. The Balaban J connectivity index is 3.27. The predicted octanol–water partition coefficient (Wildman–Crippen LogP) is -0.488. The maximum Gasteiger partial charge on any atom is 0.146 e. The molecule has 3 N–H and O–H groups in total. The van der Waals surface area contributed by atoms with E-state index >= 15 is 0 Å². The summed E-state index contributed by atoms with van der Waals surface area (Å²) in [6, 6.07) is -0.280. The third kappa shape index (κ3) is 4.12. The van der Waals surface area contributed by atoms with Crippen molar-refractivity contribution in [2.24, 2.45) is 5.73 Å². The van der Waals surface area contributed by atoms with E-state index in [-0.39, 0.29) is 11.8 Å². The summed E-state index contributed by atoms with van der Waals surface area (Å²) >= 11 is 0. The molecule has 0 aromatic carbocycles. The minimum Gasteiger partial charge on any atom is -0.321 e. The number of rotatable bonds is 4. The Kier molecular flexibility index (Phi) is 4.26. The number of Topliss-reactive ketones (excluding diaryl/α,β-unsaturated/α-hetero) is 1. The summed E-state index contributed by atoms with van der Waals surface area (Å²) in [7, 11) is 1.84. The van der Waals surface area contributed by atoms with Crippen molar-refractivity contribution >= 4 is 5.78 Å². The molecule has 0 aromatic rings. The number of hydrogen-bond acceptors (Lipinski definition) is 3. The first-order valence-electron chi connectivity index (χ1n) is 3.09. The molecule has 0 radical (unpaired) electrons. The Morgan fingerprint density at radius 2 is 2.33 bits per heavy atom. The summed E-state index contributed by atoms with van der Waals surface area (Å²) < 4.78 is 0. The number of carbonyl (C=O) groups excluding carboxylic acids is 1. The molecule has 0 bridgehead atoms. The second kappa shape index (κ2) is 4.47. The van der Waals surface area contributed by atoms with Crippen molar-refractivity contribution < 1.29 is 4.79 Å². The maximum atomic E-state index is 10.5. The highest BCUT2D eigenvalue weighted by atomic mass is 16.1. The molecule has 3 nitrogen and oxygen atoms in total. The van der Waals surface area contributed by atoms with Gasteiger partial charge in [0, 0.05) is 0 Å². The van der Waals surface area contributed by atoms with Crippen molar-refractivity contribution in [3.8, 4) is 0 Å². The first-order valence-corrected chi connectivity index (χ1v) is 3.09. The van der Waals surface area contributed by atoms with Gasteiger partial charge in [-0.15, -0.1) is 0 Å². The van der Waals surface area contributed by atoms with Crippen molar-refractivity contribution in [1.29, 1.82) is 0 Å². The van der Waals surface area contributed by atoms with E-state index in [2.05, 4.69) is 5.32 Å². The zero-order valence-electron chi connectivity index (χ0n) is 5.98. The SMILES string of the molecule is CNCC[C@@H](N)C(C)=O. The maximum absolute atomic E-state index is 10.5. The largest absolute Gasteiger partial charge is 0.321 e. The highest BCUT2D eigenvalue weighted by Crippen LogP contribution is 1.85. The summed E-state index contributed by atoms with van der Waals surface area (Å²) in [5.41, 5.74) is 5.41. The fourth-order valence-corrected chi connectivity index (χ4v) is 0.503. The van der Waals surface area contributed by atoms with E-state index in [1.54, 1.807) is 0 Å². The Morgan fingerprint density at radius 1 is 1.78 bits per heavy atom. The Morgan fingerprint density at radius 3 is 2.67 bits per heavy atom.